The smallest absolute Gasteiger partial charge is 0.201 e. The van der Waals surface area contributed by atoms with Crippen molar-refractivity contribution < 1.29 is 12.8 Å². The summed E-state index contributed by atoms with van der Waals surface area (Å²) >= 11 is 0. The first kappa shape index (κ1) is 20.5. The topological polar surface area (TPSA) is 3.88 Å². The van der Waals surface area contributed by atoms with E-state index in [9.17, 15) is 0 Å². The second-order valence-corrected chi connectivity index (χ2v) is 14.8. The van der Waals surface area contributed by atoms with Crippen LogP contribution in [0.4, 0.5) is 0 Å². The van der Waals surface area contributed by atoms with Crippen molar-refractivity contribution in [3.63, 3.8) is 0 Å². The molecule has 0 aliphatic heterocycles. The molecule has 0 atom stereocenters. The van der Waals surface area contributed by atoms with Gasteiger partial charge in [0.25, 0.3) is 0 Å². The van der Waals surface area contributed by atoms with Crippen LogP contribution in [0.3, 0.4) is 0 Å². The number of fused-ring (bicyclic) bond motifs is 2. The Balaban J connectivity index is 1.99. The lowest BCUT2D eigenvalue weighted by molar-refractivity contribution is -0.660. The normalized spacial score (nSPS) is 23.5. The molecule has 0 radical (unpaired) electrons. The van der Waals surface area contributed by atoms with Crippen molar-refractivity contribution in [1.82, 2.24) is 0 Å². The third-order valence-corrected chi connectivity index (χ3v) is 9.93. The van der Waals surface area contributed by atoms with E-state index >= 15 is 0 Å². The van der Waals surface area contributed by atoms with Crippen LogP contribution in [0.25, 0.3) is 22.4 Å². The molecule has 2 aromatic carbocycles. The molecule has 1 aromatic heterocycles. The van der Waals surface area contributed by atoms with Gasteiger partial charge in [-0.15, -0.1) is 0 Å². The van der Waals surface area contributed by atoms with Gasteiger partial charge < -0.3 is 0 Å². The van der Waals surface area contributed by atoms with Crippen LogP contribution in [0.2, 0.25) is 0 Å². The van der Waals surface area contributed by atoms with Gasteiger partial charge in [0.2, 0.25) is 5.69 Å². The fourth-order valence-corrected chi connectivity index (χ4v) is 7.27. The van der Waals surface area contributed by atoms with Gasteiger partial charge in [-0.25, -0.2) is 4.57 Å². The van der Waals surface area contributed by atoms with Crippen molar-refractivity contribution in [2.45, 2.75) is 123 Å². The summed E-state index contributed by atoms with van der Waals surface area (Å²) < 4.78 is 51.9. The summed E-state index contributed by atoms with van der Waals surface area (Å²) in [4.78, 5) is 0. The van der Waals surface area contributed by atoms with Crippen LogP contribution in [-0.4, -0.2) is 0 Å². The van der Waals surface area contributed by atoms with E-state index in [1.54, 1.807) is 18.3 Å². The predicted molar refractivity (Wildman–Crippen MR) is 163 cm³/mol. The number of hydrogen-bond acceptors (Lipinski definition) is 0. The highest BCUT2D eigenvalue weighted by Gasteiger charge is 2.46. The Hall–Kier alpha value is -2.41. The third-order valence-electron chi connectivity index (χ3n) is 9.93. The summed E-state index contributed by atoms with van der Waals surface area (Å²) in [6, 6.07) is 9.87. The van der Waals surface area contributed by atoms with Gasteiger partial charge >= 0.3 is 0 Å². The van der Waals surface area contributed by atoms with Gasteiger partial charge in [0.05, 0.1) is 0 Å². The second kappa shape index (κ2) is 8.54. The van der Waals surface area contributed by atoms with E-state index in [0.717, 1.165) is 53.6 Å². The highest BCUT2D eigenvalue weighted by Crippen LogP contribution is 2.57. The van der Waals surface area contributed by atoms with Crippen LogP contribution in [-0.2, 0) is 28.7 Å². The van der Waals surface area contributed by atoms with Crippen LogP contribution in [0.1, 0.15) is 128 Å². The van der Waals surface area contributed by atoms with Gasteiger partial charge in [-0.05, 0) is 113 Å². The van der Waals surface area contributed by atoms with Crippen molar-refractivity contribution in [3.05, 3.63) is 75.5 Å². The lowest BCUT2D eigenvalue weighted by Gasteiger charge is -2.49. The first-order chi connectivity index (χ1) is 19.9. The van der Waals surface area contributed by atoms with Crippen molar-refractivity contribution in [3.8, 4) is 22.4 Å². The van der Waals surface area contributed by atoms with E-state index in [0.29, 0.717) is 11.1 Å². The maximum absolute atomic E-state index is 8.77. The number of rotatable bonds is 2. The standard InChI is InChI=1S/C37H50N/c1-23-13-14-26(24(2)19-23)30-20-27(25(3)22-38(30)12)31-32-28(34(4,5)15-17-36(32,8)9)21-29-33(31)37(10,11)18-16-35(29,6)7/h13-14,19-22H,15-18H2,1-12H3/q+1/i1D3,3D3. The molecule has 1 nitrogen and oxygen atoms in total. The van der Waals surface area contributed by atoms with Crippen LogP contribution in [0, 0.1) is 20.6 Å². The van der Waals surface area contributed by atoms with E-state index in [4.69, 9.17) is 8.22 Å². The number of aromatic nitrogens is 1. The number of nitrogens with zero attached hydrogens (tertiary/aromatic N) is 1. The molecular formula is C37H50N+. The average molecular weight is 515 g/mol. The number of benzene rings is 2. The molecule has 5 rings (SSSR count). The number of aryl methyl sites for hydroxylation is 4. The van der Waals surface area contributed by atoms with E-state index in [1.807, 2.05) is 24.6 Å². The lowest BCUT2D eigenvalue weighted by Crippen LogP contribution is -2.40. The fraction of sp³-hybridized carbons (Fsp3) is 0.541. The Bertz CT molecular complexity index is 1600. The van der Waals surface area contributed by atoms with Gasteiger partial charge in [-0.2, -0.15) is 0 Å². The highest BCUT2D eigenvalue weighted by molar-refractivity contribution is 5.82. The number of hydrogen-bond donors (Lipinski definition) is 0. The van der Waals surface area contributed by atoms with Gasteiger partial charge in [0.15, 0.2) is 6.20 Å². The molecule has 2 aliphatic rings. The third kappa shape index (κ3) is 4.16. The average Bonchev–Trinajstić information content (AvgIpc) is 2.87. The summed E-state index contributed by atoms with van der Waals surface area (Å²) in [7, 11) is 1.89. The Kier molecular flexibility index (Phi) is 4.61. The maximum Gasteiger partial charge on any atom is 0.213 e. The molecule has 0 N–H and O–H groups in total. The first-order valence-corrected chi connectivity index (χ1v) is 14.3. The molecule has 0 fully saturated rings. The zero-order valence-electron chi connectivity index (χ0n) is 31.2. The minimum absolute atomic E-state index is 0.0452. The van der Waals surface area contributed by atoms with E-state index < -0.39 is 13.7 Å². The van der Waals surface area contributed by atoms with Gasteiger partial charge in [0.1, 0.15) is 7.05 Å². The van der Waals surface area contributed by atoms with Gasteiger partial charge in [-0.1, -0.05) is 79.2 Å². The molecule has 0 amide bonds. The Morgan fingerprint density at radius 2 is 1.21 bits per heavy atom. The molecule has 2 aliphatic carbocycles. The predicted octanol–water partition coefficient (Wildman–Crippen LogP) is 9.47. The molecule has 38 heavy (non-hydrogen) atoms. The summed E-state index contributed by atoms with van der Waals surface area (Å²) in [5.41, 5.74) is 10.1. The Labute approximate surface area is 241 Å². The quantitative estimate of drug-likeness (QED) is 0.300. The van der Waals surface area contributed by atoms with Crippen LogP contribution >= 0.6 is 0 Å². The molecule has 3 aromatic rings. The summed E-state index contributed by atoms with van der Waals surface area (Å²) in [6.07, 6.45) is 5.99. The number of pyridine rings is 1. The van der Waals surface area contributed by atoms with Crippen molar-refractivity contribution in [2.75, 3.05) is 0 Å². The minimum atomic E-state index is -2.33. The monoisotopic (exact) mass is 514 g/mol. The molecule has 1 heteroatoms. The van der Waals surface area contributed by atoms with Crippen molar-refractivity contribution >= 4 is 0 Å². The van der Waals surface area contributed by atoms with Crippen LogP contribution in [0.5, 0.6) is 0 Å². The molecule has 0 spiro atoms. The van der Waals surface area contributed by atoms with Gasteiger partial charge in [-0.3, -0.25) is 0 Å². The molecule has 202 valence electrons. The summed E-state index contributed by atoms with van der Waals surface area (Å²) in [5.74, 6) is 0. The summed E-state index contributed by atoms with van der Waals surface area (Å²) in [6.45, 7) is 16.1. The minimum Gasteiger partial charge on any atom is -0.201 e. The van der Waals surface area contributed by atoms with E-state index in [2.05, 4.69) is 67.5 Å². The largest absolute Gasteiger partial charge is 0.213 e. The van der Waals surface area contributed by atoms with Gasteiger partial charge in [0, 0.05) is 25.4 Å². The molecule has 0 unspecified atom stereocenters. The molecular weight excluding hydrogens is 458 g/mol. The van der Waals surface area contributed by atoms with Crippen molar-refractivity contribution in [2.24, 2.45) is 7.05 Å². The lowest BCUT2D eigenvalue weighted by atomic mass is 9.55. The Morgan fingerprint density at radius 3 is 1.71 bits per heavy atom. The SMILES string of the molecule is [2H]C([2H])([2H])c1ccc(-c2cc(-c3c4c(cc5c3C(C)(C)CCC5(C)C)C(C)(C)CCC4(C)C)c(C([2H])([2H])[2H])c[n+]2C)c(C)c1. The summed E-state index contributed by atoms with van der Waals surface area (Å²) in [5, 5.41) is 0. The molecule has 0 bridgehead atoms. The molecule has 0 saturated carbocycles. The zero-order chi connectivity index (χ0) is 33.0. The second-order valence-electron chi connectivity index (χ2n) is 14.8. The fourth-order valence-electron chi connectivity index (χ4n) is 7.27. The zero-order valence-corrected chi connectivity index (χ0v) is 25.2. The molecule has 0 saturated heterocycles. The highest BCUT2D eigenvalue weighted by atomic mass is 14.9. The van der Waals surface area contributed by atoms with Crippen molar-refractivity contribution in [1.29, 1.82) is 0 Å². The Morgan fingerprint density at radius 1 is 0.658 bits per heavy atom. The van der Waals surface area contributed by atoms with E-state index in [-0.39, 0.29) is 21.7 Å². The van der Waals surface area contributed by atoms with E-state index in [1.165, 1.54) is 22.3 Å². The molecule has 1 heterocycles. The maximum atomic E-state index is 8.77. The van der Waals surface area contributed by atoms with Crippen LogP contribution in [0.15, 0.2) is 36.5 Å². The van der Waals surface area contributed by atoms with Crippen LogP contribution < -0.4 is 4.57 Å². The first-order valence-electron chi connectivity index (χ1n) is 17.3.